The topological polar surface area (TPSA) is 93.0 Å². The first-order valence-electron chi connectivity index (χ1n) is 8.29. The number of ether oxygens (including phenoxy) is 1. The van der Waals surface area contributed by atoms with Crippen LogP contribution < -0.4 is 4.74 Å². The van der Waals surface area contributed by atoms with Crippen molar-refractivity contribution < 1.29 is 9.26 Å². The number of rotatable bonds is 5. The SMILES string of the molecule is COc1ccc([C@H]2C[C@@H](C)CN2Cc2nc(-c3ncn[nH]3)no2)cc1. The van der Waals surface area contributed by atoms with Gasteiger partial charge in [0.05, 0.1) is 13.7 Å². The molecule has 2 atom stereocenters. The predicted octanol–water partition coefficient (Wildman–Crippen LogP) is 2.45. The molecule has 0 amide bonds. The van der Waals surface area contributed by atoms with Gasteiger partial charge < -0.3 is 9.26 Å². The van der Waals surface area contributed by atoms with Gasteiger partial charge in [0.25, 0.3) is 0 Å². The second kappa shape index (κ2) is 6.64. The first kappa shape index (κ1) is 15.8. The van der Waals surface area contributed by atoms with Crippen molar-refractivity contribution in [1.82, 2.24) is 30.2 Å². The highest BCUT2D eigenvalue weighted by atomic mass is 16.5. The molecule has 0 unspecified atom stereocenters. The Hall–Kier alpha value is -2.74. The van der Waals surface area contributed by atoms with Crippen molar-refractivity contribution in [2.75, 3.05) is 13.7 Å². The van der Waals surface area contributed by atoms with Crippen LogP contribution in [0, 0.1) is 5.92 Å². The summed E-state index contributed by atoms with van der Waals surface area (Å²) in [5.41, 5.74) is 1.28. The summed E-state index contributed by atoms with van der Waals surface area (Å²) in [7, 11) is 1.68. The predicted molar refractivity (Wildman–Crippen MR) is 89.6 cm³/mol. The summed E-state index contributed by atoms with van der Waals surface area (Å²) in [4.78, 5) is 10.8. The molecule has 2 aromatic heterocycles. The number of nitrogens with zero attached hydrogens (tertiary/aromatic N) is 5. The van der Waals surface area contributed by atoms with Gasteiger partial charge in [-0.2, -0.15) is 10.1 Å². The van der Waals surface area contributed by atoms with Crippen LogP contribution in [-0.2, 0) is 6.54 Å². The number of benzene rings is 1. The monoisotopic (exact) mass is 340 g/mol. The van der Waals surface area contributed by atoms with Gasteiger partial charge in [0.2, 0.25) is 11.7 Å². The molecule has 0 spiro atoms. The third kappa shape index (κ3) is 3.25. The van der Waals surface area contributed by atoms with Crippen LogP contribution in [0.2, 0.25) is 0 Å². The van der Waals surface area contributed by atoms with Crippen LogP contribution in [0.4, 0.5) is 0 Å². The molecule has 0 radical (unpaired) electrons. The van der Waals surface area contributed by atoms with Gasteiger partial charge in [-0.15, -0.1) is 0 Å². The van der Waals surface area contributed by atoms with Gasteiger partial charge in [-0.1, -0.05) is 24.2 Å². The molecule has 25 heavy (non-hydrogen) atoms. The summed E-state index contributed by atoms with van der Waals surface area (Å²) in [5.74, 6) is 3.01. The Morgan fingerprint density at radius 3 is 2.88 bits per heavy atom. The normalized spacial score (nSPS) is 20.9. The molecule has 4 rings (SSSR count). The van der Waals surface area contributed by atoms with Crippen LogP contribution in [-0.4, -0.2) is 43.9 Å². The molecular weight excluding hydrogens is 320 g/mol. The van der Waals surface area contributed by atoms with E-state index in [1.807, 2.05) is 12.1 Å². The molecule has 1 N–H and O–H groups in total. The first-order valence-corrected chi connectivity index (χ1v) is 8.29. The summed E-state index contributed by atoms with van der Waals surface area (Å²) in [6, 6.07) is 8.60. The van der Waals surface area contributed by atoms with Crippen LogP contribution in [0.25, 0.3) is 11.6 Å². The van der Waals surface area contributed by atoms with Crippen molar-refractivity contribution in [2.45, 2.75) is 25.9 Å². The van der Waals surface area contributed by atoms with E-state index in [0.717, 1.165) is 18.7 Å². The van der Waals surface area contributed by atoms with Crippen molar-refractivity contribution in [3.8, 4) is 17.4 Å². The Morgan fingerprint density at radius 1 is 1.32 bits per heavy atom. The zero-order valence-corrected chi connectivity index (χ0v) is 14.2. The fraction of sp³-hybridized carbons (Fsp3) is 0.412. The molecule has 0 saturated carbocycles. The largest absolute Gasteiger partial charge is 0.497 e. The van der Waals surface area contributed by atoms with Crippen molar-refractivity contribution >= 4 is 0 Å². The minimum Gasteiger partial charge on any atom is -0.497 e. The molecule has 0 bridgehead atoms. The molecule has 8 heteroatoms. The standard InChI is InChI=1S/C17H20N6O2/c1-11-7-14(12-3-5-13(24-2)6-4-12)23(8-11)9-15-20-17(22-25-15)16-18-10-19-21-16/h3-6,10-11,14H,7-9H2,1-2H3,(H,18,19,21)/t11-,14-/m1/s1. The van der Waals surface area contributed by atoms with E-state index in [9.17, 15) is 0 Å². The number of aromatic amines is 1. The number of nitrogens with one attached hydrogen (secondary N) is 1. The molecular formula is C17H20N6O2. The van der Waals surface area contributed by atoms with E-state index in [1.165, 1.54) is 11.9 Å². The maximum absolute atomic E-state index is 5.40. The Labute approximate surface area is 145 Å². The molecule has 1 aliphatic heterocycles. The highest BCUT2D eigenvalue weighted by Gasteiger charge is 2.32. The quantitative estimate of drug-likeness (QED) is 0.762. The van der Waals surface area contributed by atoms with Crippen LogP contribution >= 0.6 is 0 Å². The fourth-order valence-corrected chi connectivity index (χ4v) is 3.38. The van der Waals surface area contributed by atoms with Crippen LogP contribution in [0.15, 0.2) is 35.1 Å². The molecule has 1 aliphatic rings. The number of likely N-dealkylation sites (tertiary alicyclic amines) is 1. The molecule has 1 aromatic carbocycles. The molecule has 8 nitrogen and oxygen atoms in total. The first-order chi connectivity index (χ1) is 12.2. The summed E-state index contributed by atoms with van der Waals surface area (Å²) in [5, 5.41) is 10.5. The zero-order valence-electron chi connectivity index (χ0n) is 14.2. The van der Waals surface area contributed by atoms with Gasteiger partial charge in [0.1, 0.15) is 12.1 Å². The van der Waals surface area contributed by atoms with Gasteiger partial charge in [-0.25, -0.2) is 4.98 Å². The van der Waals surface area contributed by atoms with Gasteiger partial charge in [-0.05, 0) is 30.0 Å². The number of aromatic nitrogens is 5. The zero-order chi connectivity index (χ0) is 17.2. The van der Waals surface area contributed by atoms with Crippen LogP contribution in [0.3, 0.4) is 0 Å². The fourth-order valence-electron chi connectivity index (χ4n) is 3.38. The number of hydrogen-bond acceptors (Lipinski definition) is 7. The lowest BCUT2D eigenvalue weighted by molar-refractivity contribution is 0.210. The lowest BCUT2D eigenvalue weighted by Crippen LogP contribution is -2.23. The Morgan fingerprint density at radius 2 is 2.16 bits per heavy atom. The number of hydrogen-bond donors (Lipinski definition) is 1. The number of methoxy groups -OCH3 is 1. The average Bonchev–Trinajstić information content (AvgIpc) is 3.36. The Balaban J connectivity index is 1.51. The van der Waals surface area contributed by atoms with E-state index < -0.39 is 0 Å². The van der Waals surface area contributed by atoms with Gasteiger partial charge in [-0.3, -0.25) is 10.00 Å². The lowest BCUT2D eigenvalue weighted by atomic mass is 10.0. The van der Waals surface area contributed by atoms with Gasteiger partial charge >= 0.3 is 0 Å². The smallest absolute Gasteiger partial charge is 0.241 e. The van der Waals surface area contributed by atoms with E-state index in [-0.39, 0.29) is 0 Å². The maximum Gasteiger partial charge on any atom is 0.241 e. The highest BCUT2D eigenvalue weighted by molar-refractivity contribution is 5.39. The van der Waals surface area contributed by atoms with E-state index in [1.54, 1.807) is 7.11 Å². The minimum atomic E-state index is 0.335. The van der Waals surface area contributed by atoms with Crippen molar-refractivity contribution in [1.29, 1.82) is 0 Å². The molecule has 130 valence electrons. The third-order valence-electron chi connectivity index (χ3n) is 4.55. The minimum absolute atomic E-state index is 0.335. The van der Waals surface area contributed by atoms with Crippen molar-refractivity contribution in [3.05, 3.63) is 42.0 Å². The number of H-pyrrole nitrogens is 1. The van der Waals surface area contributed by atoms with Crippen molar-refractivity contribution in [3.63, 3.8) is 0 Å². The summed E-state index contributed by atoms with van der Waals surface area (Å²) < 4.78 is 10.6. The molecule has 1 fully saturated rings. The highest BCUT2D eigenvalue weighted by Crippen LogP contribution is 2.36. The van der Waals surface area contributed by atoms with Gasteiger partial charge in [0, 0.05) is 12.6 Å². The lowest BCUT2D eigenvalue weighted by Gasteiger charge is -2.23. The Bertz CT molecular complexity index is 814. The van der Waals surface area contributed by atoms with E-state index in [0.29, 0.717) is 36.0 Å². The third-order valence-corrected chi connectivity index (χ3v) is 4.55. The van der Waals surface area contributed by atoms with Crippen LogP contribution in [0.5, 0.6) is 5.75 Å². The second-order valence-corrected chi connectivity index (χ2v) is 6.41. The molecule has 3 heterocycles. The van der Waals surface area contributed by atoms with E-state index >= 15 is 0 Å². The van der Waals surface area contributed by atoms with Crippen LogP contribution in [0.1, 0.15) is 30.8 Å². The van der Waals surface area contributed by atoms with E-state index in [2.05, 4.69) is 49.3 Å². The Kier molecular flexibility index (Phi) is 4.19. The van der Waals surface area contributed by atoms with Gasteiger partial charge in [0.15, 0.2) is 5.82 Å². The average molecular weight is 340 g/mol. The molecule has 3 aromatic rings. The maximum atomic E-state index is 5.40. The van der Waals surface area contributed by atoms with Crippen molar-refractivity contribution in [2.24, 2.45) is 5.92 Å². The van der Waals surface area contributed by atoms with E-state index in [4.69, 9.17) is 9.26 Å². The summed E-state index contributed by atoms with van der Waals surface area (Å²) in [6.07, 6.45) is 2.53. The summed E-state index contributed by atoms with van der Waals surface area (Å²) >= 11 is 0. The molecule has 0 aliphatic carbocycles. The second-order valence-electron chi connectivity index (χ2n) is 6.41. The summed E-state index contributed by atoms with van der Waals surface area (Å²) in [6.45, 7) is 3.88. The molecule has 1 saturated heterocycles.